The second-order valence-electron chi connectivity index (χ2n) is 6.12. The average molecular weight is 283 g/mol. The Kier molecular flexibility index (Phi) is 4.76. The van der Waals surface area contributed by atoms with E-state index in [0.717, 1.165) is 13.0 Å². The number of rotatable bonds is 5. The molecule has 1 aromatic carbocycles. The van der Waals surface area contributed by atoms with Gasteiger partial charge in [-0.05, 0) is 67.3 Å². The Hall–Kier alpha value is -1.54. The van der Waals surface area contributed by atoms with Gasteiger partial charge < -0.3 is 9.73 Å². The summed E-state index contributed by atoms with van der Waals surface area (Å²) >= 11 is 0. The number of benzene rings is 1. The Morgan fingerprint density at radius 3 is 2.95 bits per heavy atom. The predicted octanol–water partition coefficient (Wildman–Crippen LogP) is 4.52. The highest BCUT2D eigenvalue weighted by Gasteiger charge is 2.27. The summed E-state index contributed by atoms with van der Waals surface area (Å²) in [5.74, 6) is 0.651. The fourth-order valence-corrected chi connectivity index (χ4v) is 3.55. The summed E-state index contributed by atoms with van der Waals surface area (Å²) in [6.07, 6.45) is 9.74. The van der Waals surface area contributed by atoms with E-state index in [0.29, 0.717) is 12.0 Å². The molecule has 0 saturated heterocycles. The maximum atomic E-state index is 5.25. The van der Waals surface area contributed by atoms with Crippen LogP contribution >= 0.6 is 0 Å². The first-order valence-electron chi connectivity index (χ1n) is 8.20. The van der Waals surface area contributed by atoms with Crippen LogP contribution in [0.2, 0.25) is 0 Å². The van der Waals surface area contributed by atoms with Crippen molar-refractivity contribution in [3.05, 3.63) is 59.5 Å². The molecule has 2 nitrogen and oxygen atoms in total. The Balaban J connectivity index is 1.86. The average Bonchev–Trinajstić information content (AvgIpc) is 2.95. The Morgan fingerprint density at radius 2 is 2.14 bits per heavy atom. The zero-order valence-corrected chi connectivity index (χ0v) is 12.8. The first-order valence-corrected chi connectivity index (χ1v) is 8.20. The molecule has 0 spiro atoms. The number of aryl methyl sites for hydroxylation is 1. The van der Waals surface area contributed by atoms with Crippen molar-refractivity contribution in [1.29, 1.82) is 0 Å². The zero-order valence-electron chi connectivity index (χ0n) is 12.8. The Bertz CT molecular complexity index is 546. The van der Waals surface area contributed by atoms with Crippen LogP contribution in [0.5, 0.6) is 0 Å². The highest BCUT2D eigenvalue weighted by Crippen LogP contribution is 2.35. The Morgan fingerprint density at radius 1 is 1.24 bits per heavy atom. The highest BCUT2D eigenvalue weighted by atomic mass is 16.3. The van der Waals surface area contributed by atoms with E-state index in [1.165, 1.54) is 42.4 Å². The van der Waals surface area contributed by atoms with Gasteiger partial charge in [-0.25, -0.2) is 0 Å². The van der Waals surface area contributed by atoms with Crippen molar-refractivity contribution in [2.24, 2.45) is 5.92 Å². The smallest absolute Gasteiger partial charge is 0.0934 e. The summed E-state index contributed by atoms with van der Waals surface area (Å²) in [4.78, 5) is 0. The van der Waals surface area contributed by atoms with Gasteiger partial charge in [-0.2, -0.15) is 0 Å². The first-order chi connectivity index (χ1) is 10.4. The summed E-state index contributed by atoms with van der Waals surface area (Å²) in [6.45, 7) is 3.32. The van der Waals surface area contributed by atoms with Crippen LogP contribution < -0.4 is 5.32 Å². The molecule has 1 aliphatic rings. The van der Waals surface area contributed by atoms with E-state index in [9.17, 15) is 0 Å². The lowest BCUT2D eigenvalue weighted by molar-refractivity contribution is 0.341. The molecule has 112 valence electrons. The molecule has 0 bridgehead atoms. The first kappa shape index (κ1) is 14.4. The van der Waals surface area contributed by atoms with Crippen molar-refractivity contribution in [1.82, 2.24) is 5.32 Å². The second kappa shape index (κ2) is 6.95. The number of furan rings is 1. The van der Waals surface area contributed by atoms with Crippen LogP contribution in [0.15, 0.2) is 47.3 Å². The molecule has 0 fully saturated rings. The van der Waals surface area contributed by atoms with Crippen LogP contribution in [0.25, 0.3) is 0 Å². The molecular weight excluding hydrogens is 258 g/mol. The second-order valence-corrected chi connectivity index (χ2v) is 6.12. The van der Waals surface area contributed by atoms with Gasteiger partial charge >= 0.3 is 0 Å². The van der Waals surface area contributed by atoms with Crippen LogP contribution in [-0.4, -0.2) is 6.54 Å². The standard InChI is InChI=1S/C19H25NO/c1-2-11-20-19-17(13-15-10-12-21-14-15)8-5-7-16-6-3-4-9-18(16)19/h3-4,6,9-10,12,14,17,19-20H,2,5,7-8,11,13H2,1H3. The summed E-state index contributed by atoms with van der Waals surface area (Å²) in [7, 11) is 0. The molecule has 21 heavy (non-hydrogen) atoms. The maximum Gasteiger partial charge on any atom is 0.0934 e. The molecule has 0 aliphatic heterocycles. The van der Waals surface area contributed by atoms with Crippen molar-refractivity contribution in [3.63, 3.8) is 0 Å². The lowest BCUT2D eigenvalue weighted by atomic mass is 9.86. The topological polar surface area (TPSA) is 25.2 Å². The quantitative estimate of drug-likeness (QED) is 0.816. The highest BCUT2D eigenvalue weighted by molar-refractivity contribution is 5.32. The number of hydrogen-bond acceptors (Lipinski definition) is 2. The molecule has 1 N–H and O–H groups in total. The van der Waals surface area contributed by atoms with Crippen molar-refractivity contribution < 1.29 is 4.42 Å². The van der Waals surface area contributed by atoms with Gasteiger partial charge in [0, 0.05) is 6.04 Å². The normalized spacial score (nSPS) is 21.8. The van der Waals surface area contributed by atoms with Gasteiger partial charge in [0.2, 0.25) is 0 Å². The lowest BCUT2D eigenvalue weighted by Crippen LogP contribution is -2.30. The third-order valence-electron chi connectivity index (χ3n) is 4.57. The van der Waals surface area contributed by atoms with E-state index in [4.69, 9.17) is 4.42 Å². The summed E-state index contributed by atoms with van der Waals surface area (Å²) in [5.41, 5.74) is 4.36. The largest absolute Gasteiger partial charge is 0.472 e. The molecular formula is C19H25NO. The fourth-order valence-electron chi connectivity index (χ4n) is 3.55. The number of hydrogen-bond donors (Lipinski definition) is 1. The molecule has 1 aliphatic carbocycles. The monoisotopic (exact) mass is 283 g/mol. The minimum atomic E-state index is 0.471. The SMILES string of the molecule is CCCNC1c2ccccc2CCCC1Cc1ccoc1. The third kappa shape index (κ3) is 3.38. The number of nitrogens with one attached hydrogen (secondary N) is 1. The lowest BCUT2D eigenvalue weighted by Gasteiger charge is -2.27. The summed E-state index contributed by atoms with van der Waals surface area (Å²) in [6, 6.07) is 11.5. The molecule has 0 saturated carbocycles. The maximum absolute atomic E-state index is 5.25. The van der Waals surface area contributed by atoms with Gasteiger partial charge in [-0.15, -0.1) is 0 Å². The van der Waals surface area contributed by atoms with Gasteiger partial charge in [0.1, 0.15) is 0 Å². The van der Waals surface area contributed by atoms with Crippen molar-refractivity contribution in [3.8, 4) is 0 Å². The van der Waals surface area contributed by atoms with Gasteiger partial charge in [-0.1, -0.05) is 31.2 Å². The molecule has 2 unspecified atom stereocenters. The van der Waals surface area contributed by atoms with E-state index in [-0.39, 0.29) is 0 Å². The van der Waals surface area contributed by atoms with Gasteiger partial charge in [-0.3, -0.25) is 0 Å². The van der Waals surface area contributed by atoms with E-state index in [1.807, 2.05) is 6.26 Å². The van der Waals surface area contributed by atoms with Crippen molar-refractivity contribution >= 4 is 0 Å². The van der Waals surface area contributed by atoms with Crippen LogP contribution in [0.3, 0.4) is 0 Å². The van der Waals surface area contributed by atoms with E-state index in [1.54, 1.807) is 6.26 Å². The van der Waals surface area contributed by atoms with Crippen LogP contribution in [-0.2, 0) is 12.8 Å². The van der Waals surface area contributed by atoms with Crippen LogP contribution in [0.4, 0.5) is 0 Å². The van der Waals surface area contributed by atoms with Gasteiger partial charge in [0.05, 0.1) is 12.5 Å². The molecule has 2 aromatic rings. The molecule has 3 rings (SSSR count). The van der Waals surface area contributed by atoms with Crippen LogP contribution in [0.1, 0.15) is 48.9 Å². The van der Waals surface area contributed by atoms with Gasteiger partial charge in [0.25, 0.3) is 0 Å². The van der Waals surface area contributed by atoms with E-state index >= 15 is 0 Å². The third-order valence-corrected chi connectivity index (χ3v) is 4.57. The zero-order chi connectivity index (χ0) is 14.5. The minimum Gasteiger partial charge on any atom is -0.472 e. The Labute approximate surface area is 127 Å². The predicted molar refractivity (Wildman–Crippen MR) is 86.3 cm³/mol. The van der Waals surface area contributed by atoms with Crippen molar-refractivity contribution in [2.45, 2.75) is 45.1 Å². The van der Waals surface area contributed by atoms with E-state index in [2.05, 4.69) is 42.6 Å². The summed E-state index contributed by atoms with van der Waals surface area (Å²) < 4.78 is 5.25. The fraction of sp³-hybridized carbons (Fsp3) is 0.474. The molecule has 0 radical (unpaired) electrons. The van der Waals surface area contributed by atoms with E-state index < -0.39 is 0 Å². The molecule has 1 aromatic heterocycles. The van der Waals surface area contributed by atoms with Gasteiger partial charge in [0.15, 0.2) is 0 Å². The molecule has 2 atom stereocenters. The molecule has 1 heterocycles. The minimum absolute atomic E-state index is 0.471. The molecule has 2 heteroatoms. The molecule has 0 amide bonds. The van der Waals surface area contributed by atoms with Crippen LogP contribution in [0, 0.1) is 5.92 Å². The summed E-state index contributed by atoms with van der Waals surface area (Å²) in [5, 5.41) is 3.80. The van der Waals surface area contributed by atoms with Crippen molar-refractivity contribution in [2.75, 3.05) is 6.54 Å². The number of fused-ring (bicyclic) bond motifs is 1.